The molecular formula is C29H37BrF2N2O4. The van der Waals surface area contributed by atoms with Crippen molar-refractivity contribution in [2.45, 2.75) is 88.9 Å². The zero-order chi connectivity index (χ0) is 28.3. The number of benzene rings is 2. The van der Waals surface area contributed by atoms with Gasteiger partial charge in [-0.25, -0.2) is 13.6 Å². The minimum absolute atomic E-state index is 0.0383. The highest BCUT2D eigenvalue weighted by molar-refractivity contribution is 9.09. The Balaban J connectivity index is 2.01. The first-order valence-electron chi connectivity index (χ1n) is 12.9. The molecule has 2 aromatic rings. The molecule has 1 aliphatic rings. The number of nitrogens with zero attached hydrogens (tertiary/aromatic N) is 1. The van der Waals surface area contributed by atoms with Gasteiger partial charge in [0.1, 0.15) is 21.7 Å². The van der Waals surface area contributed by atoms with Crippen LogP contribution in [0.25, 0.3) is 0 Å². The maximum atomic E-state index is 13.8. The molecule has 0 fully saturated rings. The molecule has 0 radical (unpaired) electrons. The average molecular weight is 596 g/mol. The smallest absolute Gasteiger partial charge is 0.411 e. The standard InChI is InChI=1S/C29H37BrF2N2O4/c1-6-19-9-10-21-8-7-11-29(30,24(21)14-19)34(27(37)38-28(3,4)5)17-26(36)25(33-18(2)35)15-20-12-22(31)16-23(32)13-20/h9-10,12-14,16,25-26,36H,6-8,11,15,17H2,1-5H3,(H,33,35)/t25-,26+,29+/m0/s1. The number of nitrogens with one attached hydrogen (secondary N) is 1. The van der Waals surface area contributed by atoms with Crippen LogP contribution in [0.5, 0.6) is 0 Å². The predicted molar refractivity (Wildman–Crippen MR) is 146 cm³/mol. The van der Waals surface area contributed by atoms with E-state index in [2.05, 4.69) is 46.4 Å². The fourth-order valence-electron chi connectivity index (χ4n) is 4.87. The van der Waals surface area contributed by atoms with Crippen molar-refractivity contribution in [3.8, 4) is 0 Å². The molecule has 0 saturated heterocycles. The highest BCUT2D eigenvalue weighted by atomic mass is 79.9. The summed E-state index contributed by atoms with van der Waals surface area (Å²) >= 11 is 3.87. The molecule has 9 heteroatoms. The van der Waals surface area contributed by atoms with Gasteiger partial charge in [-0.05, 0) is 87.3 Å². The van der Waals surface area contributed by atoms with Crippen LogP contribution in [0.4, 0.5) is 13.6 Å². The third-order valence-electron chi connectivity index (χ3n) is 6.59. The lowest BCUT2D eigenvalue weighted by Gasteiger charge is -2.45. The summed E-state index contributed by atoms with van der Waals surface area (Å²) in [6.07, 6.45) is 1.13. The number of rotatable bonds is 8. The summed E-state index contributed by atoms with van der Waals surface area (Å²) in [4.78, 5) is 27.1. The monoisotopic (exact) mass is 594 g/mol. The molecule has 0 aliphatic heterocycles. The molecule has 2 amide bonds. The number of alkyl halides is 1. The number of carbonyl (C=O) groups excluding carboxylic acids is 2. The van der Waals surface area contributed by atoms with E-state index in [4.69, 9.17) is 4.74 Å². The highest BCUT2D eigenvalue weighted by Crippen LogP contribution is 2.46. The largest absolute Gasteiger partial charge is 0.444 e. The van der Waals surface area contributed by atoms with Crippen molar-refractivity contribution in [3.63, 3.8) is 0 Å². The van der Waals surface area contributed by atoms with E-state index in [1.165, 1.54) is 11.8 Å². The molecular weight excluding hydrogens is 558 g/mol. The summed E-state index contributed by atoms with van der Waals surface area (Å²) < 4.78 is 32.5. The number of carbonyl (C=O) groups is 2. The molecule has 0 saturated carbocycles. The molecule has 38 heavy (non-hydrogen) atoms. The third-order valence-corrected chi connectivity index (χ3v) is 7.84. The lowest BCUT2D eigenvalue weighted by atomic mass is 9.85. The topological polar surface area (TPSA) is 78.9 Å². The van der Waals surface area contributed by atoms with Crippen molar-refractivity contribution < 1.29 is 28.2 Å². The van der Waals surface area contributed by atoms with Gasteiger partial charge in [0, 0.05) is 13.0 Å². The van der Waals surface area contributed by atoms with Crippen LogP contribution in [0.3, 0.4) is 0 Å². The van der Waals surface area contributed by atoms with E-state index >= 15 is 0 Å². The summed E-state index contributed by atoms with van der Waals surface area (Å²) in [6.45, 7) is 8.46. The van der Waals surface area contributed by atoms with Crippen LogP contribution in [-0.4, -0.2) is 46.3 Å². The minimum atomic E-state index is -1.27. The Hall–Kier alpha value is -2.52. The van der Waals surface area contributed by atoms with Crippen LogP contribution < -0.4 is 5.32 Å². The number of ether oxygens (including phenoxy) is 1. The van der Waals surface area contributed by atoms with Crippen molar-refractivity contribution >= 4 is 27.9 Å². The maximum absolute atomic E-state index is 13.8. The van der Waals surface area contributed by atoms with E-state index < -0.39 is 45.8 Å². The molecule has 2 N–H and O–H groups in total. The molecule has 2 aromatic carbocycles. The number of aliphatic hydroxyl groups is 1. The summed E-state index contributed by atoms with van der Waals surface area (Å²) in [5.41, 5.74) is 2.63. The second-order valence-electron chi connectivity index (χ2n) is 10.9. The second-order valence-corrected chi connectivity index (χ2v) is 12.2. The van der Waals surface area contributed by atoms with Gasteiger partial charge in [0.15, 0.2) is 0 Å². The number of fused-ring (bicyclic) bond motifs is 1. The Morgan fingerprint density at radius 2 is 1.82 bits per heavy atom. The maximum Gasteiger partial charge on any atom is 0.411 e. The predicted octanol–water partition coefficient (Wildman–Crippen LogP) is 5.76. The molecule has 6 nitrogen and oxygen atoms in total. The Labute approximate surface area is 231 Å². The van der Waals surface area contributed by atoms with Gasteiger partial charge in [-0.1, -0.05) is 41.1 Å². The van der Waals surface area contributed by atoms with Crippen LogP contribution in [-0.2, 0) is 33.2 Å². The normalized spacial score (nSPS) is 18.8. The molecule has 3 atom stereocenters. The van der Waals surface area contributed by atoms with Gasteiger partial charge in [-0.3, -0.25) is 9.69 Å². The van der Waals surface area contributed by atoms with Crippen molar-refractivity contribution in [1.82, 2.24) is 10.2 Å². The van der Waals surface area contributed by atoms with Gasteiger partial charge in [0.2, 0.25) is 5.91 Å². The Morgan fingerprint density at radius 1 is 1.16 bits per heavy atom. The van der Waals surface area contributed by atoms with Crippen LogP contribution >= 0.6 is 15.9 Å². The number of aliphatic hydroxyl groups excluding tert-OH is 1. The van der Waals surface area contributed by atoms with E-state index in [-0.39, 0.29) is 18.5 Å². The first-order chi connectivity index (χ1) is 17.7. The summed E-state index contributed by atoms with van der Waals surface area (Å²) in [5, 5.41) is 14.1. The van der Waals surface area contributed by atoms with E-state index in [0.29, 0.717) is 6.42 Å². The number of hydrogen-bond acceptors (Lipinski definition) is 4. The zero-order valence-electron chi connectivity index (χ0n) is 22.6. The fraction of sp³-hybridized carbons (Fsp3) is 0.517. The van der Waals surface area contributed by atoms with E-state index in [9.17, 15) is 23.5 Å². The van der Waals surface area contributed by atoms with Gasteiger partial charge < -0.3 is 15.2 Å². The molecule has 208 valence electrons. The molecule has 3 rings (SSSR count). The molecule has 0 spiro atoms. The highest BCUT2D eigenvalue weighted by Gasteiger charge is 2.45. The number of aryl methyl sites for hydroxylation is 2. The third kappa shape index (κ3) is 7.53. The quantitative estimate of drug-likeness (QED) is 0.301. The van der Waals surface area contributed by atoms with Crippen molar-refractivity contribution in [3.05, 3.63) is 70.3 Å². The Bertz CT molecular complexity index is 1150. The number of amides is 2. The fourth-order valence-corrected chi connectivity index (χ4v) is 5.81. The van der Waals surface area contributed by atoms with Crippen molar-refractivity contribution in [1.29, 1.82) is 0 Å². The molecule has 0 bridgehead atoms. The van der Waals surface area contributed by atoms with Gasteiger partial charge in [-0.15, -0.1) is 0 Å². The Morgan fingerprint density at radius 3 is 2.39 bits per heavy atom. The van der Waals surface area contributed by atoms with Crippen molar-refractivity contribution in [2.75, 3.05) is 6.54 Å². The van der Waals surface area contributed by atoms with Gasteiger partial charge in [0.05, 0.1) is 18.7 Å². The summed E-state index contributed by atoms with van der Waals surface area (Å²) in [7, 11) is 0. The van der Waals surface area contributed by atoms with Crippen LogP contribution in [0.2, 0.25) is 0 Å². The van der Waals surface area contributed by atoms with E-state index in [0.717, 1.165) is 54.2 Å². The van der Waals surface area contributed by atoms with E-state index in [1.807, 2.05) is 0 Å². The second kappa shape index (κ2) is 12.1. The van der Waals surface area contributed by atoms with Crippen LogP contribution in [0.15, 0.2) is 36.4 Å². The lowest BCUT2D eigenvalue weighted by molar-refractivity contribution is -0.120. The lowest BCUT2D eigenvalue weighted by Crippen LogP contribution is -2.56. The van der Waals surface area contributed by atoms with Gasteiger partial charge in [0.25, 0.3) is 0 Å². The Kier molecular flexibility index (Phi) is 9.57. The minimum Gasteiger partial charge on any atom is -0.444 e. The van der Waals surface area contributed by atoms with E-state index in [1.54, 1.807) is 20.8 Å². The van der Waals surface area contributed by atoms with Gasteiger partial charge in [-0.2, -0.15) is 0 Å². The van der Waals surface area contributed by atoms with Crippen LogP contribution in [0, 0.1) is 11.6 Å². The average Bonchev–Trinajstić information content (AvgIpc) is 2.79. The summed E-state index contributed by atoms with van der Waals surface area (Å²) in [6, 6.07) is 8.39. The number of hydrogen-bond donors (Lipinski definition) is 2. The molecule has 0 unspecified atom stereocenters. The SMILES string of the molecule is CCc1ccc2c(c1)[C@](Br)(N(C[C@@H](O)[C@H](Cc1cc(F)cc(F)c1)NC(C)=O)C(=O)OC(C)(C)C)CCC2. The first-order valence-corrected chi connectivity index (χ1v) is 13.7. The first kappa shape index (κ1) is 30.0. The molecule has 0 aromatic heterocycles. The summed E-state index contributed by atoms with van der Waals surface area (Å²) in [5.74, 6) is -1.92. The molecule has 0 heterocycles. The van der Waals surface area contributed by atoms with Gasteiger partial charge >= 0.3 is 6.09 Å². The van der Waals surface area contributed by atoms with Crippen LogP contribution in [0.1, 0.15) is 69.7 Å². The zero-order valence-corrected chi connectivity index (χ0v) is 24.2. The molecule has 1 aliphatic carbocycles. The van der Waals surface area contributed by atoms with Crippen molar-refractivity contribution in [2.24, 2.45) is 0 Å². The number of halogens is 3.